The molecule has 2 rings (SSSR count). The molecule has 2 aromatic rings. The van der Waals surface area contributed by atoms with Crippen molar-refractivity contribution in [2.75, 3.05) is 35.3 Å². The molecule has 0 aliphatic carbocycles. The van der Waals surface area contributed by atoms with Crippen molar-refractivity contribution in [3.05, 3.63) is 46.5 Å². The van der Waals surface area contributed by atoms with Crippen molar-refractivity contribution in [2.24, 2.45) is 0 Å². The SMILES string of the molecule is CCN(CCF)c1ccc(Nc2nc(NC(C)C)ccc2[N+](=O)[O-])cc1. The zero-order valence-electron chi connectivity index (χ0n) is 15.2. The van der Waals surface area contributed by atoms with Gasteiger partial charge in [-0.05, 0) is 51.1 Å². The average Bonchev–Trinajstić information content (AvgIpc) is 2.60. The molecule has 0 aliphatic rings. The normalized spacial score (nSPS) is 10.7. The summed E-state index contributed by atoms with van der Waals surface area (Å²) in [7, 11) is 0. The van der Waals surface area contributed by atoms with Crippen LogP contribution in [0.15, 0.2) is 36.4 Å². The van der Waals surface area contributed by atoms with Gasteiger partial charge in [0.25, 0.3) is 0 Å². The first-order valence-electron chi connectivity index (χ1n) is 8.54. The van der Waals surface area contributed by atoms with Gasteiger partial charge in [-0.1, -0.05) is 0 Å². The Morgan fingerprint density at radius 1 is 1.23 bits per heavy atom. The van der Waals surface area contributed by atoms with Gasteiger partial charge in [0.2, 0.25) is 5.82 Å². The van der Waals surface area contributed by atoms with Crippen molar-refractivity contribution in [3.63, 3.8) is 0 Å². The minimum Gasteiger partial charge on any atom is -0.369 e. The molecule has 0 spiro atoms. The molecule has 0 unspecified atom stereocenters. The van der Waals surface area contributed by atoms with Gasteiger partial charge in [-0.25, -0.2) is 9.37 Å². The Morgan fingerprint density at radius 3 is 2.46 bits per heavy atom. The number of benzene rings is 1. The summed E-state index contributed by atoms with van der Waals surface area (Å²) in [6.07, 6.45) is 0. The molecule has 2 N–H and O–H groups in total. The molecule has 0 saturated heterocycles. The van der Waals surface area contributed by atoms with Crippen LogP contribution in [0.1, 0.15) is 20.8 Å². The number of halogens is 1. The Morgan fingerprint density at radius 2 is 1.92 bits per heavy atom. The van der Waals surface area contributed by atoms with E-state index < -0.39 is 11.6 Å². The summed E-state index contributed by atoms with van der Waals surface area (Å²) in [4.78, 5) is 17.0. The monoisotopic (exact) mass is 361 g/mol. The molecule has 0 amide bonds. The second kappa shape index (κ2) is 8.98. The Hall–Kier alpha value is -2.90. The van der Waals surface area contributed by atoms with Gasteiger partial charge >= 0.3 is 5.69 Å². The molecule has 0 atom stereocenters. The molecular weight excluding hydrogens is 337 g/mol. The highest BCUT2D eigenvalue weighted by atomic mass is 19.1. The van der Waals surface area contributed by atoms with E-state index in [1.807, 2.05) is 37.8 Å². The zero-order chi connectivity index (χ0) is 19.1. The molecule has 0 radical (unpaired) electrons. The van der Waals surface area contributed by atoms with Gasteiger partial charge < -0.3 is 15.5 Å². The summed E-state index contributed by atoms with van der Waals surface area (Å²) in [6.45, 7) is 6.51. The molecular formula is C18H24FN5O2. The maximum absolute atomic E-state index is 12.6. The van der Waals surface area contributed by atoms with Crippen molar-refractivity contribution < 1.29 is 9.31 Å². The fraction of sp³-hybridized carbons (Fsp3) is 0.389. The number of aromatic nitrogens is 1. The van der Waals surface area contributed by atoms with Crippen LogP contribution in [0.25, 0.3) is 0 Å². The number of nitro groups is 1. The van der Waals surface area contributed by atoms with Crippen LogP contribution in [-0.2, 0) is 0 Å². The van der Waals surface area contributed by atoms with Crippen LogP contribution in [0.5, 0.6) is 0 Å². The standard InChI is InChI=1S/C18H24FN5O2/c1-4-23(12-11-19)15-7-5-14(6-8-15)21-18-16(24(25)26)9-10-17(22-18)20-13(2)3/h5-10,13H,4,11-12H2,1-3H3,(H2,20,21,22). The third-order valence-electron chi connectivity index (χ3n) is 3.74. The smallest absolute Gasteiger partial charge is 0.311 e. The molecule has 1 aromatic carbocycles. The van der Waals surface area contributed by atoms with Crippen LogP contribution in [0.4, 0.5) is 33.1 Å². The van der Waals surface area contributed by atoms with Crippen molar-refractivity contribution in [2.45, 2.75) is 26.8 Å². The number of anilines is 4. The largest absolute Gasteiger partial charge is 0.369 e. The van der Waals surface area contributed by atoms with E-state index in [1.54, 1.807) is 18.2 Å². The van der Waals surface area contributed by atoms with Crippen molar-refractivity contribution in [1.82, 2.24) is 4.98 Å². The zero-order valence-corrected chi connectivity index (χ0v) is 15.2. The van der Waals surface area contributed by atoms with Crippen molar-refractivity contribution in [1.29, 1.82) is 0 Å². The van der Waals surface area contributed by atoms with E-state index in [2.05, 4.69) is 15.6 Å². The van der Waals surface area contributed by atoms with E-state index in [-0.39, 0.29) is 17.5 Å². The van der Waals surface area contributed by atoms with Crippen LogP contribution >= 0.6 is 0 Å². The third kappa shape index (κ3) is 5.05. The molecule has 26 heavy (non-hydrogen) atoms. The highest BCUT2D eigenvalue weighted by Crippen LogP contribution is 2.28. The maximum Gasteiger partial charge on any atom is 0.311 e. The predicted molar refractivity (Wildman–Crippen MR) is 103 cm³/mol. The molecule has 140 valence electrons. The van der Waals surface area contributed by atoms with E-state index in [9.17, 15) is 14.5 Å². The number of nitrogens with zero attached hydrogens (tertiary/aromatic N) is 3. The molecule has 0 saturated carbocycles. The highest BCUT2D eigenvalue weighted by Gasteiger charge is 2.17. The molecule has 0 bridgehead atoms. The summed E-state index contributed by atoms with van der Waals surface area (Å²) < 4.78 is 12.6. The molecule has 0 aliphatic heterocycles. The average molecular weight is 361 g/mol. The second-order valence-corrected chi connectivity index (χ2v) is 6.06. The van der Waals surface area contributed by atoms with Crippen LogP contribution in [-0.4, -0.2) is 35.7 Å². The maximum atomic E-state index is 12.6. The van der Waals surface area contributed by atoms with E-state index >= 15 is 0 Å². The quantitative estimate of drug-likeness (QED) is 0.510. The van der Waals surface area contributed by atoms with Crippen molar-refractivity contribution in [3.8, 4) is 0 Å². The molecule has 0 fully saturated rings. The van der Waals surface area contributed by atoms with Crippen LogP contribution in [0, 0.1) is 10.1 Å². The first kappa shape index (κ1) is 19.4. The fourth-order valence-electron chi connectivity index (χ4n) is 2.53. The number of alkyl halides is 1. The summed E-state index contributed by atoms with van der Waals surface area (Å²) in [6, 6.07) is 10.5. The lowest BCUT2D eigenvalue weighted by atomic mass is 10.2. The Balaban J connectivity index is 2.24. The van der Waals surface area contributed by atoms with Gasteiger partial charge in [0.1, 0.15) is 12.5 Å². The van der Waals surface area contributed by atoms with Crippen molar-refractivity contribution >= 4 is 28.7 Å². The minimum absolute atomic E-state index is 0.101. The van der Waals surface area contributed by atoms with E-state index in [0.29, 0.717) is 24.6 Å². The lowest BCUT2D eigenvalue weighted by Gasteiger charge is -2.21. The van der Waals surface area contributed by atoms with Crippen LogP contribution < -0.4 is 15.5 Å². The van der Waals surface area contributed by atoms with Crippen LogP contribution in [0.3, 0.4) is 0 Å². The van der Waals surface area contributed by atoms with E-state index in [1.165, 1.54) is 6.07 Å². The molecule has 7 nitrogen and oxygen atoms in total. The topological polar surface area (TPSA) is 83.3 Å². The summed E-state index contributed by atoms with van der Waals surface area (Å²) >= 11 is 0. The van der Waals surface area contributed by atoms with Gasteiger partial charge in [0.05, 0.1) is 4.92 Å². The minimum atomic E-state index is -0.469. The molecule has 1 heterocycles. The van der Waals surface area contributed by atoms with Gasteiger partial charge in [0.15, 0.2) is 0 Å². The van der Waals surface area contributed by atoms with Gasteiger partial charge in [-0.15, -0.1) is 0 Å². The van der Waals surface area contributed by atoms with Gasteiger partial charge in [-0.3, -0.25) is 10.1 Å². The predicted octanol–water partition coefficient (Wildman–Crippen LogP) is 4.35. The Kier molecular flexibility index (Phi) is 6.71. The second-order valence-electron chi connectivity index (χ2n) is 6.06. The lowest BCUT2D eigenvalue weighted by Crippen LogP contribution is -2.24. The lowest BCUT2D eigenvalue weighted by molar-refractivity contribution is -0.384. The molecule has 8 heteroatoms. The van der Waals surface area contributed by atoms with E-state index in [4.69, 9.17) is 0 Å². The number of hydrogen-bond donors (Lipinski definition) is 2. The van der Waals surface area contributed by atoms with E-state index in [0.717, 1.165) is 5.69 Å². The third-order valence-corrected chi connectivity index (χ3v) is 3.74. The first-order valence-corrected chi connectivity index (χ1v) is 8.54. The van der Waals surface area contributed by atoms with Gasteiger partial charge in [-0.2, -0.15) is 0 Å². The summed E-state index contributed by atoms with van der Waals surface area (Å²) in [5, 5.41) is 17.4. The highest BCUT2D eigenvalue weighted by molar-refractivity contribution is 5.69. The number of rotatable bonds is 9. The number of hydrogen-bond acceptors (Lipinski definition) is 6. The number of nitrogens with one attached hydrogen (secondary N) is 2. The molecule has 1 aromatic heterocycles. The Labute approximate surface area is 152 Å². The fourth-order valence-corrected chi connectivity index (χ4v) is 2.53. The number of pyridine rings is 1. The summed E-state index contributed by atoms with van der Waals surface area (Å²) in [5.41, 5.74) is 1.46. The summed E-state index contributed by atoms with van der Waals surface area (Å²) in [5.74, 6) is 0.731. The van der Waals surface area contributed by atoms with Crippen LogP contribution in [0.2, 0.25) is 0 Å². The van der Waals surface area contributed by atoms with Gasteiger partial charge in [0, 0.05) is 36.6 Å². The first-order chi connectivity index (χ1) is 12.4. The Bertz CT molecular complexity index is 737.